The topological polar surface area (TPSA) is 12.0 Å². The molecule has 0 fully saturated rings. The highest BCUT2D eigenvalue weighted by molar-refractivity contribution is 14.1. The van der Waals surface area contributed by atoms with Crippen molar-refractivity contribution < 1.29 is 4.39 Å². The lowest BCUT2D eigenvalue weighted by molar-refractivity contribution is 0.528. The van der Waals surface area contributed by atoms with Crippen molar-refractivity contribution in [3.8, 4) is 0 Å². The van der Waals surface area contributed by atoms with Gasteiger partial charge in [-0.15, -0.1) is 0 Å². The molecule has 21 heavy (non-hydrogen) atoms. The predicted octanol–water partition coefficient (Wildman–Crippen LogP) is 5.63. The third-order valence-electron chi connectivity index (χ3n) is 3.23. The molecular formula is C16H15Cl2FIN. The van der Waals surface area contributed by atoms with Gasteiger partial charge in [0.15, 0.2) is 0 Å². The molecule has 5 heteroatoms. The zero-order valence-corrected chi connectivity index (χ0v) is 15.1. The molecule has 2 rings (SSSR count). The lowest BCUT2D eigenvalue weighted by Crippen LogP contribution is -2.23. The van der Waals surface area contributed by atoms with Crippen molar-refractivity contribution in [3.05, 3.63) is 67.0 Å². The molecule has 0 saturated heterocycles. The predicted molar refractivity (Wildman–Crippen MR) is 95.7 cm³/mol. The minimum atomic E-state index is -0.237. The fraction of sp³-hybridized carbons (Fsp3) is 0.250. The van der Waals surface area contributed by atoms with Crippen molar-refractivity contribution in [2.75, 3.05) is 6.54 Å². The van der Waals surface area contributed by atoms with E-state index in [0.29, 0.717) is 22.0 Å². The largest absolute Gasteiger partial charge is 0.310 e. The zero-order valence-electron chi connectivity index (χ0n) is 11.5. The summed E-state index contributed by atoms with van der Waals surface area (Å²) in [4.78, 5) is 0. The van der Waals surface area contributed by atoms with Crippen LogP contribution in [0.4, 0.5) is 4.39 Å². The van der Waals surface area contributed by atoms with E-state index in [1.54, 1.807) is 12.1 Å². The average molecular weight is 438 g/mol. The normalized spacial score (nSPS) is 12.4. The second-order valence-corrected chi connectivity index (χ2v) is 6.73. The Kier molecular flexibility index (Phi) is 6.29. The summed E-state index contributed by atoms with van der Waals surface area (Å²) in [5.41, 5.74) is 1.64. The van der Waals surface area contributed by atoms with Crippen molar-refractivity contribution in [1.82, 2.24) is 5.32 Å². The monoisotopic (exact) mass is 437 g/mol. The van der Waals surface area contributed by atoms with Gasteiger partial charge < -0.3 is 5.32 Å². The van der Waals surface area contributed by atoms with Gasteiger partial charge in [-0.25, -0.2) is 4.39 Å². The Balaban J connectivity index is 2.30. The molecule has 0 spiro atoms. The molecule has 0 aliphatic heterocycles. The quantitative estimate of drug-likeness (QED) is 0.597. The van der Waals surface area contributed by atoms with Crippen molar-refractivity contribution in [3.63, 3.8) is 0 Å². The molecule has 0 amide bonds. The Morgan fingerprint density at radius 3 is 2.62 bits per heavy atom. The van der Waals surface area contributed by atoms with Crippen LogP contribution < -0.4 is 5.32 Å². The van der Waals surface area contributed by atoms with Crippen molar-refractivity contribution in [1.29, 1.82) is 0 Å². The molecule has 112 valence electrons. The number of benzene rings is 2. The first kappa shape index (κ1) is 17.0. The summed E-state index contributed by atoms with van der Waals surface area (Å²) in [7, 11) is 0. The van der Waals surface area contributed by atoms with Crippen molar-refractivity contribution in [2.24, 2.45) is 0 Å². The maximum Gasteiger partial charge on any atom is 0.126 e. The first-order valence-corrected chi connectivity index (χ1v) is 8.47. The van der Waals surface area contributed by atoms with Gasteiger partial charge >= 0.3 is 0 Å². The highest BCUT2D eigenvalue weighted by atomic mass is 127. The maximum atomic E-state index is 13.9. The molecule has 1 N–H and O–H groups in total. The summed E-state index contributed by atoms with van der Waals surface area (Å²) in [5, 5.41) is 4.62. The van der Waals surface area contributed by atoms with Crippen LogP contribution in [0, 0.1) is 9.39 Å². The molecule has 1 atom stereocenters. The molecule has 1 unspecified atom stereocenters. The smallest absolute Gasteiger partial charge is 0.126 e. The molecular weight excluding hydrogens is 423 g/mol. The van der Waals surface area contributed by atoms with E-state index in [2.05, 4.69) is 27.9 Å². The van der Waals surface area contributed by atoms with E-state index < -0.39 is 0 Å². The summed E-state index contributed by atoms with van der Waals surface area (Å²) in [5.74, 6) is -0.237. The van der Waals surface area contributed by atoms with E-state index >= 15 is 0 Å². The molecule has 0 radical (unpaired) electrons. The number of likely N-dealkylation sites (N-methyl/N-ethyl adjacent to an activating group) is 1. The van der Waals surface area contributed by atoms with Crippen molar-refractivity contribution in [2.45, 2.75) is 19.4 Å². The first-order chi connectivity index (χ1) is 10.0. The Labute approximate surface area is 148 Å². The summed E-state index contributed by atoms with van der Waals surface area (Å²) in [6, 6.07) is 10.6. The molecule has 2 aromatic carbocycles. The fourth-order valence-electron chi connectivity index (χ4n) is 2.20. The van der Waals surface area contributed by atoms with Crippen LogP contribution in [-0.2, 0) is 6.42 Å². The van der Waals surface area contributed by atoms with Crippen molar-refractivity contribution >= 4 is 45.8 Å². The third kappa shape index (κ3) is 4.55. The number of hydrogen-bond acceptors (Lipinski definition) is 1. The summed E-state index contributed by atoms with van der Waals surface area (Å²) < 4.78 is 14.9. The van der Waals surface area contributed by atoms with Crippen LogP contribution >= 0.6 is 45.8 Å². The average Bonchev–Trinajstić information content (AvgIpc) is 2.45. The van der Waals surface area contributed by atoms with Gasteiger partial charge in [0.1, 0.15) is 5.82 Å². The van der Waals surface area contributed by atoms with Gasteiger partial charge in [-0.05, 0) is 77.0 Å². The number of nitrogens with one attached hydrogen (secondary N) is 1. The van der Waals surface area contributed by atoms with Gasteiger partial charge in [0.25, 0.3) is 0 Å². The molecule has 0 aliphatic carbocycles. The maximum absolute atomic E-state index is 13.9. The van der Waals surface area contributed by atoms with E-state index in [-0.39, 0.29) is 11.9 Å². The first-order valence-electron chi connectivity index (χ1n) is 6.63. The van der Waals surface area contributed by atoms with Gasteiger partial charge in [0, 0.05) is 14.6 Å². The van der Waals surface area contributed by atoms with Crippen LogP contribution in [0.5, 0.6) is 0 Å². The lowest BCUT2D eigenvalue weighted by Gasteiger charge is -2.19. The van der Waals surface area contributed by atoms with E-state index in [0.717, 1.165) is 15.7 Å². The summed E-state index contributed by atoms with van der Waals surface area (Å²) in [6.07, 6.45) is 0.525. The Morgan fingerprint density at radius 2 is 1.95 bits per heavy atom. The van der Waals surface area contributed by atoms with Gasteiger partial charge in [0.2, 0.25) is 0 Å². The summed E-state index contributed by atoms with van der Waals surface area (Å²) >= 11 is 14.3. The van der Waals surface area contributed by atoms with E-state index in [9.17, 15) is 4.39 Å². The lowest BCUT2D eigenvalue weighted by atomic mass is 9.98. The third-order valence-corrected chi connectivity index (χ3v) is 5.04. The zero-order chi connectivity index (χ0) is 15.4. The van der Waals surface area contributed by atoms with Gasteiger partial charge in [0.05, 0.1) is 5.02 Å². The van der Waals surface area contributed by atoms with Crippen LogP contribution in [0.2, 0.25) is 10.0 Å². The second-order valence-electron chi connectivity index (χ2n) is 4.72. The molecule has 0 bridgehead atoms. The number of halogens is 4. The molecule has 0 aliphatic rings. The SMILES string of the molecule is CCNC(Cc1cc(Cl)ccc1F)c1ccc(I)c(Cl)c1. The van der Waals surface area contributed by atoms with Crippen LogP contribution in [0.1, 0.15) is 24.1 Å². The second kappa shape index (κ2) is 7.77. The Morgan fingerprint density at radius 1 is 1.19 bits per heavy atom. The number of rotatable bonds is 5. The fourth-order valence-corrected chi connectivity index (χ4v) is 2.92. The molecule has 1 nitrogen and oxygen atoms in total. The standard InChI is InChI=1S/C16H15Cl2FIN/c1-2-21-16(10-3-6-15(20)13(18)8-10)9-11-7-12(17)4-5-14(11)19/h3-8,16,21H,2,9H2,1H3. The van der Waals surface area contributed by atoms with Crippen LogP contribution in [0.3, 0.4) is 0 Å². The molecule has 0 aromatic heterocycles. The van der Waals surface area contributed by atoms with E-state index in [4.69, 9.17) is 23.2 Å². The minimum absolute atomic E-state index is 0.00235. The molecule has 2 aromatic rings. The molecule has 0 saturated carbocycles. The minimum Gasteiger partial charge on any atom is -0.310 e. The van der Waals surface area contributed by atoms with Crippen LogP contribution in [-0.4, -0.2) is 6.54 Å². The van der Waals surface area contributed by atoms with Crippen LogP contribution in [0.15, 0.2) is 36.4 Å². The van der Waals surface area contributed by atoms with Gasteiger partial charge in [-0.2, -0.15) is 0 Å². The van der Waals surface area contributed by atoms with Gasteiger partial charge in [-0.1, -0.05) is 36.2 Å². The Hall–Kier alpha value is -0.360. The Bertz CT molecular complexity index is 634. The molecule has 0 heterocycles. The van der Waals surface area contributed by atoms with Crippen LogP contribution in [0.25, 0.3) is 0 Å². The van der Waals surface area contributed by atoms with E-state index in [1.165, 1.54) is 6.07 Å². The highest BCUT2D eigenvalue weighted by Gasteiger charge is 2.15. The summed E-state index contributed by atoms with van der Waals surface area (Å²) in [6.45, 7) is 2.81. The van der Waals surface area contributed by atoms with Gasteiger partial charge in [-0.3, -0.25) is 0 Å². The van der Waals surface area contributed by atoms with E-state index in [1.807, 2.05) is 25.1 Å². The number of hydrogen-bond donors (Lipinski definition) is 1. The highest BCUT2D eigenvalue weighted by Crippen LogP contribution is 2.27.